The van der Waals surface area contributed by atoms with Gasteiger partial charge in [-0.2, -0.15) is 0 Å². The maximum atomic E-state index is 14.0. The number of aromatic nitrogens is 2. The van der Waals surface area contributed by atoms with E-state index in [0.717, 1.165) is 28.4 Å². The van der Waals surface area contributed by atoms with E-state index >= 15 is 0 Å². The van der Waals surface area contributed by atoms with Gasteiger partial charge in [0.1, 0.15) is 11.6 Å². The number of halogens is 1. The topological polar surface area (TPSA) is 42.3 Å². The van der Waals surface area contributed by atoms with Crippen LogP contribution < -0.4 is 10.1 Å². The van der Waals surface area contributed by atoms with E-state index in [0.29, 0.717) is 11.7 Å². The van der Waals surface area contributed by atoms with Gasteiger partial charge in [0.25, 0.3) is 0 Å². The molecule has 1 aliphatic heterocycles. The molecule has 1 aliphatic rings. The average Bonchev–Trinajstić information content (AvgIpc) is 3.45. The molecular formula is C26H23FN4OS. The Morgan fingerprint density at radius 2 is 1.88 bits per heavy atom. The van der Waals surface area contributed by atoms with Crippen LogP contribution in [0, 0.1) is 5.82 Å². The van der Waals surface area contributed by atoms with E-state index in [1.807, 2.05) is 65.4 Å². The molecular weight excluding hydrogens is 435 g/mol. The lowest BCUT2D eigenvalue weighted by Gasteiger charge is -2.29. The summed E-state index contributed by atoms with van der Waals surface area (Å²) in [5.74, 6) is 0.535. The molecule has 0 saturated carbocycles. The van der Waals surface area contributed by atoms with Crippen LogP contribution in [0.2, 0.25) is 0 Å². The van der Waals surface area contributed by atoms with Gasteiger partial charge in [-0.1, -0.05) is 24.3 Å². The number of nitrogens with one attached hydrogen (secondary N) is 1. The van der Waals surface area contributed by atoms with Crippen LogP contribution in [0.3, 0.4) is 0 Å². The van der Waals surface area contributed by atoms with Crippen LogP contribution in [-0.4, -0.2) is 26.7 Å². The van der Waals surface area contributed by atoms with E-state index in [1.165, 1.54) is 12.1 Å². The third-order valence-electron chi connectivity index (χ3n) is 5.88. The fourth-order valence-corrected chi connectivity index (χ4v) is 4.63. The van der Waals surface area contributed by atoms with Gasteiger partial charge < -0.3 is 19.5 Å². The molecule has 0 bridgehead atoms. The summed E-state index contributed by atoms with van der Waals surface area (Å²) >= 11 is 5.79. The normalized spacial score (nSPS) is 17.8. The van der Waals surface area contributed by atoms with Crippen molar-refractivity contribution in [3.8, 4) is 11.4 Å². The number of benzene rings is 2. The predicted molar refractivity (Wildman–Crippen MR) is 130 cm³/mol. The molecule has 166 valence electrons. The molecule has 7 heteroatoms. The third-order valence-corrected chi connectivity index (χ3v) is 6.23. The highest BCUT2D eigenvalue weighted by Gasteiger charge is 2.41. The quantitative estimate of drug-likeness (QED) is 0.403. The molecule has 1 saturated heterocycles. The van der Waals surface area contributed by atoms with Gasteiger partial charge in [0.05, 0.1) is 24.9 Å². The minimum atomic E-state index is -0.274. The summed E-state index contributed by atoms with van der Waals surface area (Å²) in [6.45, 7) is 0.609. The number of pyridine rings is 1. The van der Waals surface area contributed by atoms with Crippen LogP contribution in [-0.2, 0) is 6.54 Å². The summed E-state index contributed by atoms with van der Waals surface area (Å²) in [7, 11) is 1.66. The van der Waals surface area contributed by atoms with Crippen LogP contribution in [0.25, 0.3) is 5.69 Å². The van der Waals surface area contributed by atoms with E-state index in [4.69, 9.17) is 17.0 Å². The number of thiocarbonyl (C=S) groups is 1. The first kappa shape index (κ1) is 21.2. The molecule has 4 aromatic rings. The monoisotopic (exact) mass is 458 g/mol. The lowest BCUT2D eigenvalue weighted by atomic mass is 10.0. The summed E-state index contributed by atoms with van der Waals surface area (Å²) in [4.78, 5) is 6.77. The zero-order valence-corrected chi connectivity index (χ0v) is 18.9. The Morgan fingerprint density at radius 3 is 2.61 bits per heavy atom. The minimum Gasteiger partial charge on any atom is -0.497 e. The molecule has 0 spiro atoms. The van der Waals surface area contributed by atoms with Crippen LogP contribution in [0.1, 0.15) is 29.0 Å². The number of nitrogens with zero attached hydrogens (tertiary/aromatic N) is 3. The smallest absolute Gasteiger partial charge is 0.170 e. The van der Waals surface area contributed by atoms with E-state index in [1.54, 1.807) is 19.4 Å². The molecule has 0 amide bonds. The summed E-state index contributed by atoms with van der Waals surface area (Å²) in [6, 6.07) is 24.2. The average molecular weight is 459 g/mol. The largest absolute Gasteiger partial charge is 0.497 e. The highest BCUT2D eigenvalue weighted by atomic mass is 32.1. The molecule has 5 nitrogen and oxygen atoms in total. The maximum Gasteiger partial charge on any atom is 0.170 e. The number of methoxy groups -OCH3 is 1. The van der Waals surface area contributed by atoms with E-state index in [-0.39, 0.29) is 17.9 Å². The highest BCUT2D eigenvalue weighted by molar-refractivity contribution is 7.80. The molecule has 2 aromatic heterocycles. The molecule has 3 heterocycles. The lowest BCUT2D eigenvalue weighted by molar-refractivity contribution is 0.302. The van der Waals surface area contributed by atoms with Crippen molar-refractivity contribution in [2.75, 3.05) is 7.11 Å². The van der Waals surface area contributed by atoms with Crippen molar-refractivity contribution in [2.45, 2.75) is 18.6 Å². The van der Waals surface area contributed by atoms with Gasteiger partial charge in [0, 0.05) is 30.3 Å². The SMILES string of the molecule is COc1ccc(CN2C(=S)N[C@H](c3ccccn3)[C@H]2c2cccn2-c2cccc(F)c2)cc1. The van der Waals surface area contributed by atoms with Gasteiger partial charge in [-0.25, -0.2) is 4.39 Å². The van der Waals surface area contributed by atoms with Gasteiger partial charge in [0.2, 0.25) is 0 Å². The van der Waals surface area contributed by atoms with E-state index < -0.39 is 0 Å². The van der Waals surface area contributed by atoms with Gasteiger partial charge in [-0.3, -0.25) is 4.98 Å². The first-order chi connectivity index (χ1) is 16.1. The molecule has 0 radical (unpaired) electrons. The Kier molecular flexibility index (Phi) is 5.79. The Hall–Kier alpha value is -3.71. The first-order valence-electron chi connectivity index (χ1n) is 10.7. The summed E-state index contributed by atoms with van der Waals surface area (Å²) in [5, 5.41) is 4.13. The molecule has 1 N–H and O–H groups in total. The van der Waals surface area contributed by atoms with Crippen molar-refractivity contribution < 1.29 is 9.13 Å². The van der Waals surface area contributed by atoms with Crippen molar-refractivity contribution >= 4 is 17.3 Å². The highest BCUT2D eigenvalue weighted by Crippen LogP contribution is 2.40. The minimum absolute atomic E-state index is 0.146. The van der Waals surface area contributed by atoms with Crippen molar-refractivity contribution in [1.82, 2.24) is 19.8 Å². The van der Waals surface area contributed by atoms with Crippen LogP contribution >= 0.6 is 12.2 Å². The Labute approximate surface area is 197 Å². The van der Waals surface area contributed by atoms with Crippen molar-refractivity contribution in [3.63, 3.8) is 0 Å². The zero-order chi connectivity index (χ0) is 22.8. The second kappa shape index (κ2) is 9.03. The Bertz CT molecular complexity index is 1260. The summed E-state index contributed by atoms with van der Waals surface area (Å²) < 4.78 is 21.3. The molecule has 33 heavy (non-hydrogen) atoms. The Morgan fingerprint density at radius 1 is 1.03 bits per heavy atom. The fourth-order valence-electron chi connectivity index (χ4n) is 4.32. The van der Waals surface area contributed by atoms with Crippen LogP contribution in [0.15, 0.2) is 91.3 Å². The van der Waals surface area contributed by atoms with E-state index in [2.05, 4.69) is 21.3 Å². The fraction of sp³-hybridized carbons (Fsp3) is 0.154. The predicted octanol–water partition coefficient (Wildman–Crippen LogP) is 5.19. The second-order valence-corrected chi connectivity index (χ2v) is 8.27. The first-order valence-corrected chi connectivity index (χ1v) is 11.1. The summed E-state index contributed by atoms with van der Waals surface area (Å²) in [6.07, 6.45) is 3.74. The van der Waals surface area contributed by atoms with Crippen molar-refractivity contribution in [2.24, 2.45) is 0 Å². The third kappa shape index (κ3) is 4.19. The van der Waals surface area contributed by atoms with Crippen LogP contribution in [0.5, 0.6) is 5.75 Å². The van der Waals surface area contributed by atoms with Gasteiger partial charge >= 0.3 is 0 Å². The molecule has 1 fully saturated rings. The van der Waals surface area contributed by atoms with Gasteiger partial charge in [-0.15, -0.1) is 0 Å². The van der Waals surface area contributed by atoms with Crippen molar-refractivity contribution in [1.29, 1.82) is 0 Å². The standard InChI is InChI=1S/C26H23FN4OS/c1-32-21-12-10-18(11-13-21)17-31-25(24(29-26(31)33)22-8-2-3-14-28-22)23-9-5-15-30(23)20-7-4-6-19(27)16-20/h2-16,24-25H,17H2,1H3,(H,29,33)/t24-,25-/m1/s1. The molecule has 0 unspecified atom stereocenters. The van der Waals surface area contributed by atoms with Crippen LogP contribution in [0.4, 0.5) is 4.39 Å². The zero-order valence-electron chi connectivity index (χ0n) is 18.1. The number of rotatable bonds is 6. The maximum absolute atomic E-state index is 14.0. The van der Waals surface area contributed by atoms with Crippen molar-refractivity contribution in [3.05, 3.63) is 114 Å². The molecule has 2 aromatic carbocycles. The molecule has 0 aliphatic carbocycles. The lowest BCUT2D eigenvalue weighted by Crippen LogP contribution is -2.30. The number of hydrogen-bond donors (Lipinski definition) is 1. The van der Waals surface area contributed by atoms with E-state index in [9.17, 15) is 4.39 Å². The second-order valence-electron chi connectivity index (χ2n) is 7.89. The van der Waals surface area contributed by atoms with Gasteiger partial charge in [-0.05, 0) is 72.4 Å². The van der Waals surface area contributed by atoms with Gasteiger partial charge in [0.15, 0.2) is 5.11 Å². The number of hydrogen-bond acceptors (Lipinski definition) is 3. The number of ether oxygens (including phenoxy) is 1. The summed E-state index contributed by atoms with van der Waals surface area (Å²) in [5.41, 5.74) is 3.76. The molecule has 2 atom stereocenters. The Balaban J connectivity index is 1.58. The molecule has 5 rings (SSSR count).